The standard InChI is InChI=1S/C25H22F3N3O5/c1-13-17(14-3-4-14)6-8-20(22(13)24(33)31-15-9-10-30-18(11-15)23(29)32)35-19-7-5-16(12-21(19)34-2)36-25(26,27)28/h5-12,14H,3-4H2,1-2H3,(H2,29,32)(H,30,31,33). The number of nitrogens with zero attached hydrogens (tertiary/aromatic N) is 1. The third-order valence-electron chi connectivity index (χ3n) is 5.57. The fourth-order valence-corrected chi connectivity index (χ4v) is 3.79. The third-order valence-corrected chi connectivity index (χ3v) is 5.57. The summed E-state index contributed by atoms with van der Waals surface area (Å²) in [6.07, 6.45) is -1.52. The molecule has 4 rings (SSSR count). The van der Waals surface area contributed by atoms with E-state index in [1.807, 2.05) is 6.07 Å². The molecule has 0 spiro atoms. The molecule has 2 amide bonds. The van der Waals surface area contributed by atoms with Gasteiger partial charge in [0.05, 0.1) is 12.7 Å². The highest BCUT2D eigenvalue weighted by molar-refractivity contribution is 6.08. The Bertz CT molecular complexity index is 1320. The quantitative estimate of drug-likeness (QED) is 0.432. The highest BCUT2D eigenvalue weighted by Gasteiger charge is 2.32. The number of pyridine rings is 1. The Morgan fingerprint density at radius 2 is 1.78 bits per heavy atom. The fourth-order valence-electron chi connectivity index (χ4n) is 3.79. The number of hydrogen-bond acceptors (Lipinski definition) is 6. The van der Waals surface area contributed by atoms with Gasteiger partial charge in [-0.3, -0.25) is 14.6 Å². The number of hydrogen-bond donors (Lipinski definition) is 2. The van der Waals surface area contributed by atoms with E-state index in [-0.39, 0.29) is 28.5 Å². The molecule has 11 heteroatoms. The number of rotatable bonds is 8. The lowest BCUT2D eigenvalue weighted by atomic mass is 9.97. The molecule has 1 heterocycles. The van der Waals surface area contributed by atoms with Gasteiger partial charge in [0.25, 0.3) is 11.8 Å². The minimum atomic E-state index is -4.87. The molecule has 1 aromatic heterocycles. The van der Waals surface area contributed by atoms with Gasteiger partial charge in [-0.15, -0.1) is 13.2 Å². The molecule has 3 aromatic rings. The number of nitrogens with one attached hydrogen (secondary N) is 1. The molecule has 0 unspecified atom stereocenters. The van der Waals surface area contributed by atoms with Crippen LogP contribution in [-0.2, 0) is 0 Å². The van der Waals surface area contributed by atoms with E-state index >= 15 is 0 Å². The second kappa shape index (κ2) is 9.76. The Hall–Kier alpha value is -4.28. The molecular formula is C25H22F3N3O5. The lowest BCUT2D eigenvalue weighted by Crippen LogP contribution is -2.18. The molecule has 0 atom stereocenters. The van der Waals surface area contributed by atoms with Crippen molar-refractivity contribution in [1.82, 2.24) is 4.98 Å². The van der Waals surface area contributed by atoms with Gasteiger partial charge in [-0.25, -0.2) is 0 Å². The minimum Gasteiger partial charge on any atom is -0.493 e. The van der Waals surface area contributed by atoms with Crippen LogP contribution in [0.5, 0.6) is 23.0 Å². The monoisotopic (exact) mass is 501 g/mol. The topological polar surface area (TPSA) is 113 Å². The third kappa shape index (κ3) is 5.68. The highest BCUT2D eigenvalue weighted by atomic mass is 19.4. The van der Waals surface area contributed by atoms with Crippen LogP contribution in [0.2, 0.25) is 0 Å². The van der Waals surface area contributed by atoms with Crippen LogP contribution in [-0.4, -0.2) is 30.3 Å². The summed E-state index contributed by atoms with van der Waals surface area (Å²) in [4.78, 5) is 28.7. The van der Waals surface area contributed by atoms with E-state index in [2.05, 4.69) is 15.0 Å². The lowest BCUT2D eigenvalue weighted by Gasteiger charge is -2.18. The van der Waals surface area contributed by atoms with E-state index in [0.29, 0.717) is 17.2 Å². The number of primary amides is 1. The van der Waals surface area contributed by atoms with Crippen LogP contribution in [0.15, 0.2) is 48.7 Å². The van der Waals surface area contributed by atoms with Crippen LogP contribution in [0.3, 0.4) is 0 Å². The zero-order valence-electron chi connectivity index (χ0n) is 19.3. The summed E-state index contributed by atoms with van der Waals surface area (Å²) in [7, 11) is 1.27. The highest BCUT2D eigenvalue weighted by Crippen LogP contribution is 2.45. The Labute approximate surface area is 204 Å². The normalized spacial score (nSPS) is 13.1. The van der Waals surface area contributed by atoms with Gasteiger partial charge in [0.15, 0.2) is 11.5 Å². The molecule has 1 aliphatic rings. The Morgan fingerprint density at radius 1 is 1.06 bits per heavy atom. The van der Waals surface area contributed by atoms with Gasteiger partial charge in [-0.2, -0.15) is 0 Å². The van der Waals surface area contributed by atoms with Gasteiger partial charge in [0.2, 0.25) is 0 Å². The van der Waals surface area contributed by atoms with E-state index in [4.69, 9.17) is 15.2 Å². The first-order chi connectivity index (χ1) is 17.1. The Balaban J connectivity index is 1.69. The molecule has 1 saturated carbocycles. The van der Waals surface area contributed by atoms with Crippen molar-refractivity contribution in [3.8, 4) is 23.0 Å². The first-order valence-corrected chi connectivity index (χ1v) is 10.9. The van der Waals surface area contributed by atoms with Gasteiger partial charge in [-0.05, 0) is 67.1 Å². The Morgan fingerprint density at radius 3 is 2.42 bits per heavy atom. The number of methoxy groups -OCH3 is 1. The number of aromatic nitrogens is 1. The predicted octanol–water partition coefficient (Wildman–Crippen LogP) is 5.32. The van der Waals surface area contributed by atoms with E-state index in [9.17, 15) is 22.8 Å². The first-order valence-electron chi connectivity index (χ1n) is 10.9. The number of alkyl halides is 3. The van der Waals surface area contributed by atoms with Crippen molar-refractivity contribution in [1.29, 1.82) is 0 Å². The molecule has 0 bridgehead atoms. The van der Waals surface area contributed by atoms with Crippen molar-refractivity contribution in [3.05, 3.63) is 71.0 Å². The summed E-state index contributed by atoms with van der Waals surface area (Å²) in [5, 5.41) is 2.73. The van der Waals surface area contributed by atoms with Gasteiger partial charge in [-0.1, -0.05) is 6.07 Å². The number of carbonyl (C=O) groups is 2. The maximum absolute atomic E-state index is 13.4. The molecule has 2 aromatic carbocycles. The average molecular weight is 501 g/mol. The zero-order chi connectivity index (χ0) is 26.0. The molecule has 3 N–H and O–H groups in total. The van der Waals surface area contributed by atoms with Crippen molar-refractivity contribution < 1.29 is 37.0 Å². The van der Waals surface area contributed by atoms with Crippen molar-refractivity contribution in [2.24, 2.45) is 5.73 Å². The smallest absolute Gasteiger partial charge is 0.493 e. The van der Waals surface area contributed by atoms with Crippen molar-refractivity contribution >= 4 is 17.5 Å². The molecule has 0 radical (unpaired) electrons. The summed E-state index contributed by atoms with van der Waals surface area (Å²) >= 11 is 0. The fraction of sp³-hybridized carbons (Fsp3) is 0.240. The summed E-state index contributed by atoms with van der Waals surface area (Å²) in [6, 6.07) is 9.74. The SMILES string of the molecule is COc1cc(OC(F)(F)F)ccc1Oc1ccc(C2CC2)c(C)c1C(=O)Nc1ccnc(C(N)=O)c1. The van der Waals surface area contributed by atoms with Crippen molar-refractivity contribution in [2.75, 3.05) is 12.4 Å². The summed E-state index contributed by atoms with van der Waals surface area (Å²) in [5.74, 6) is -1.17. The van der Waals surface area contributed by atoms with Crippen molar-refractivity contribution in [3.63, 3.8) is 0 Å². The zero-order valence-corrected chi connectivity index (χ0v) is 19.3. The number of ether oxygens (including phenoxy) is 3. The second-order valence-corrected chi connectivity index (χ2v) is 8.14. The molecule has 188 valence electrons. The van der Waals surface area contributed by atoms with Gasteiger partial charge >= 0.3 is 6.36 Å². The van der Waals surface area contributed by atoms with E-state index in [1.54, 1.807) is 13.0 Å². The van der Waals surface area contributed by atoms with E-state index in [1.165, 1.54) is 31.5 Å². The van der Waals surface area contributed by atoms with Crippen LogP contribution in [0.4, 0.5) is 18.9 Å². The molecule has 0 saturated heterocycles. The van der Waals surface area contributed by atoms with Crippen LogP contribution >= 0.6 is 0 Å². The predicted molar refractivity (Wildman–Crippen MR) is 124 cm³/mol. The molecule has 8 nitrogen and oxygen atoms in total. The molecule has 36 heavy (non-hydrogen) atoms. The van der Waals surface area contributed by atoms with Crippen molar-refractivity contribution in [2.45, 2.75) is 32.0 Å². The number of benzene rings is 2. The summed E-state index contributed by atoms with van der Waals surface area (Å²) < 4.78 is 52.9. The summed E-state index contributed by atoms with van der Waals surface area (Å²) in [5.41, 5.74) is 7.49. The number of halogens is 3. The van der Waals surface area contributed by atoms with Gasteiger partial charge in [0.1, 0.15) is 17.2 Å². The van der Waals surface area contributed by atoms with Crippen LogP contribution in [0.25, 0.3) is 0 Å². The van der Waals surface area contributed by atoms with E-state index in [0.717, 1.165) is 30.5 Å². The average Bonchev–Trinajstić information content (AvgIpc) is 3.64. The maximum atomic E-state index is 13.4. The number of anilines is 1. The molecule has 0 aliphatic heterocycles. The van der Waals surface area contributed by atoms with Crippen LogP contribution < -0.4 is 25.3 Å². The Kier molecular flexibility index (Phi) is 6.73. The van der Waals surface area contributed by atoms with Gasteiger partial charge in [0, 0.05) is 18.0 Å². The van der Waals surface area contributed by atoms with Crippen LogP contribution in [0.1, 0.15) is 50.7 Å². The molecular weight excluding hydrogens is 479 g/mol. The van der Waals surface area contributed by atoms with E-state index < -0.39 is 23.9 Å². The second-order valence-electron chi connectivity index (χ2n) is 8.14. The largest absolute Gasteiger partial charge is 0.573 e. The lowest BCUT2D eigenvalue weighted by molar-refractivity contribution is -0.274. The first kappa shape index (κ1) is 24.8. The minimum absolute atomic E-state index is 0.0152. The van der Waals surface area contributed by atoms with Crippen LogP contribution in [0, 0.1) is 6.92 Å². The number of amides is 2. The summed E-state index contributed by atoms with van der Waals surface area (Å²) in [6.45, 7) is 1.80. The number of nitrogens with two attached hydrogens (primary N) is 1. The molecule has 1 fully saturated rings. The van der Waals surface area contributed by atoms with Gasteiger partial charge < -0.3 is 25.3 Å². The number of carbonyl (C=O) groups excluding carboxylic acids is 2. The maximum Gasteiger partial charge on any atom is 0.573 e. The molecule has 1 aliphatic carbocycles.